The first-order valence-electron chi connectivity index (χ1n) is 6.07. The second-order valence-electron chi connectivity index (χ2n) is 4.24. The van der Waals surface area contributed by atoms with Crippen LogP contribution in [-0.2, 0) is 0 Å². The molecule has 0 aliphatic heterocycles. The van der Waals surface area contributed by atoms with E-state index in [9.17, 15) is 0 Å². The molecule has 4 heteroatoms. The van der Waals surface area contributed by atoms with Crippen LogP contribution in [0.3, 0.4) is 0 Å². The SMILES string of the molecule is CCC(O)CC(C)O.CCCC(O)C(C)O. The molecule has 0 aromatic rings. The van der Waals surface area contributed by atoms with Gasteiger partial charge in [0.25, 0.3) is 0 Å². The van der Waals surface area contributed by atoms with Crippen LogP contribution < -0.4 is 0 Å². The van der Waals surface area contributed by atoms with Gasteiger partial charge in [-0.05, 0) is 33.1 Å². The Morgan fingerprint density at radius 1 is 0.938 bits per heavy atom. The maximum Gasteiger partial charge on any atom is 0.0796 e. The van der Waals surface area contributed by atoms with E-state index in [1.54, 1.807) is 13.8 Å². The lowest BCUT2D eigenvalue weighted by atomic mass is 10.1. The van der Waals surface area contributed by atoms with E-state index >= 15 is 0 Å². The Kier molecular flexibility index (Phi) is 12.9. The van der Waals surface area contributed by atoms with Crippen molar-refractivity contribution in [2.75, 3.05) is 0 Å². The molecule has 0 aliphatic rings. The molecule has 0 saturated heterocycles. The summed E-state index contributed by atoms with van der Waals surface area (Å²) < 4.78 is 0. The molecule has 100 valence electrons. The second kappa shape index (κ2) is 11.3. The van der Waals surface area contributed by atoms with Crippen molar-refractivity contribution in [3.63, 3.8) is 0 Å². The summed E-state index contributed by atoms with van der Waals surface area (Å²) in [5.41, 5.74) is 0. The van der Waals surface area contributed by atoms with Crippen molar-refractivity contribution in [2.24, 2.45) is 0 Å². The maximum atomic E-state index is 8.88. The van der Waals surface area contributed by atoms with E-state index in [1.807, 2.05) is 13.8 Å². The van der Waals surface area contributed by atoms with Gasteiger partial charge in [0, 0.05) is 0 Å². The molecular weight excluding hydrogens is 208 g/mol. The zero-order valence-electron chi connectivity index (χ0n) is 10.9. The second-order valence-corrected chi connectivity index (χ2v) is 4.24. The summed E-state index contributed by atoms with van der Waals surface area (Å²) >= 11 is 0. The van der Waals surface area contributed by atoms with Gasteiger partial charge in [0.15, 0.2) is 0 Å². The van der Waals surface area contributed by atoms with Gasteiger partial charge < -0.3 is 20.4 Å². The zero-order chi connectivity index (χ0) is 13.1. The molecule has 0 fully saturated rings. The topological polar surface area (TPSA) is 80.9 Å². The molecule has 0 saturated carbocycles. The minimum Gasteiger partial charge on any atom is -0.393 e. The summed E-state index contributed by atoms with van der Waals surface area (Å²) in [5, 5.41) is 35.1. The summed E-state index contributed by atoms with van der Waals surface area (Å²) in [4.78, 5) is 0. The fourth-order valence-corrected chi connectivity index (χ4v) is 1.10. The van der Waals surface area contributed by atoms with Gasteiger partial charge in [-0.2, -0.15) is 0 Å². The van der Waals surface area contributed by atoms with Crippen molar-refractivity contribution >= 4 is 0 Å². The van der Waals surface area contributed by atoms with Crippen LogP contribution in [0.5, 0.6) is 0 Å². The van der Waals surface area contributed by atoms with E-state index in [-0.39, 0.29) is 12.2 Å². The summed E-state index contributed by atoms with van der Waals surface area (Å²) in [5.74, 6) is 0. The van der Waals surface area contributed by atoms with E-state index in [1.165, 1.54) is 0 Å². The molecule has 4 N–H and O–H groups in total. The summed E-state index contributed by atoms with van der Waals surface area (Å²) in [6, 6.07) is 0. The van der Waals surface area contributed by atoms with Gasteiger partial charge in [-0.25, -0.2) is 0 Å². The fourth-order valence-electron chi connectivity index (χ4n) is 1.10. The minimum absolute atomic E-state index is 0.324. The van der Waals surface area contributed by atoms with Crippen LogP contribution in [0, 0.1) is 0 Å². The Morgan fingerprint density at radius 2 is 1.44 bits per heavy atom. The fraction of sp³-hybridized carbons (Fsp3) is 1.00. The molecule has 0 radical (unpaired) electrons. The summed E-state index contributed by atoms with van der Waals surface area (Å²) in [6.07, 6.45) is 1.04. The first-order chi connectivity index (χ1) is 7.34. The average molecular weight is 236 g/mol. The van der Waals surface area contributed by atoms with Crippen LogP contribution in [0.1, 0.15) is 53.4 Å². The van der Waals surface area contributed by atoms with Crippen molar-refractivity contribution < 1.29 is 20.4 Å². The van der Waals surface area contributed by atoms with E-state index < -0.39 is 12.2 Å². The molecule has 0 aromatic carbocycles. The minimum atomic E-state index is -0.574. The molecule has 0 amide bonds. The first-order valence-corrected chi connectivity index (χ1v) is 6.07. The third kappa shape index (κ3) is 13.8. The standard InChI is InChI=1S/2C6H14O2/c1-3-6(8)4-5(2)7;1-3-4-6(8)5(2)7/h2*5-8H,3-4H2,1-2H3. The molecule has 16 heavy (non-hydrogen) atoms. The lowest BCUT2D eigenvalue weighted by Gasteiger charge is -2.10. The third-order valence-electron chi connectivity index (χ3n) is 2.23. The van der Waals surface area contributed by atoms with E-state index in [0.717, 1.165) is 12.8 Å². The quantitative estimate of drug-likeness (QED) is 0.556. The largest absolute Gasteiger partial charge is 0.393 e. The van der Waals surface area contributed by atoms with Crippen LogP contribution in [0.2, 0.25) is 0 Å². The van der Waals surface area contributed by atoms with Gasteiger partial charge in [0.1, 0.15) is 0 Å². The van der Waals surface area contributed by atoms with Crippen LogP contribution in [0.15, 0.2) is 0 Å². The molecule has 0 aliphatic carbocycles. The summed E-state index contributed by atoms with van der Waals surface area (Å²) in [7, 11) is 0. The van der Waals surface area contributed by atoms with Gasteiger partial charge in [-0.15, -0.1) is 0 Å². The highest BCUT2D eigenvalue weighted by molar-refractivity contribution is 4.59. The van der Waals surface area contributed by atoms with E-state index in [0.29, 0.717) is 12.8 Å². The van der Waals surface area contributed by atoms with Crippen molar-refractivity contribution in [3.05, 3.63) is 0 Å². The van der Waals surface area contributed by atoms with E-state index in [4.69, 9.17) is 20.4 Å². The summed E-state index contributed by atoms with van der Waals surface area (Å²) in [6.45, 7) is 7.15. The Balaban J connectivity index is 0. The number of rotatable bonds is 6. The molecule has 4 nitrogen and oxygen atoms in total. The van der Waals surface area contributed by atoms with Crippen LogP contribution >= 0.6 is 0 Å². The van der Waals surface area contributed by atoms with Crippen LogP contribution in [0.25, 0.3) is 0 Å². The number of aliphatic hydroxyl groups excluding tert-OH is 4. The molecule has 0 spiro atoms. The number of aliphatic hydroxyl groups is 4. The molecule has 0 aromatic heterocycles. The van der Waals surface area contributed by atoms with Crippen molar-refractivity contribution in [1.29, 1.82) is 0 Å². The van der Waals surface area contributed by atoms with Crippen molar-refractivity contribution in [3.8, 4) is 0 Å². The predicted molar refractivity (Wildman–Crippen MR) is 65.2 cm³/mol. The Hall–Kier alpha value is -0.160. The Labute approximate surface area is 98.9 Å². The molecular formula is C12H28O4. The highest BCUT2D eigenvalue weighted by atomic mass is 16.3. The van der Waals surface area contributed by atoms with Gasteiger partial charge in [0.2, 0.25) is 0 Å². The molecule has 4 atom stereocenters. The molecule has 0 rings (SSSR count). The van der Waals surface area contributed by atoms with Gasteiger partial charge in [-0.1, -0.05) is 20.3 Å². The highest BCUT2D eigenvalue weighted by Gasteiger charge is 2.07. The lowest BCUT2D eigenvalue weighted by Crippen LogP contribution is -2.21. The van der Waals surface area contributed by atoms with Gasteiger partial charge in [0.05, 0.1) is 24.4 Å². The Morgan fingerprint density at radius 3 is 1.56 bits per heavy atom. The molecule has 0 bridgehead atoms. The predicted octanol–water partition coefficient (Wildman–Crippen LogP) is 1.06. The maximum absolute atomic E-state index is 8.88. The Bertz CT molecular complexity index is 137. The third-order valence-corrected chi connectivity index (χ3v) is 2.23. The van der Waals surface area contributed by atoms with Crippen molar-refractivity contribution in [1.82, 2.24) is 0 Å². The number of hydrogen-bond donors (Lipinski definition) is 4. The first kappa shape index (κ1) is 18.2. The van der Waals surface area contributed by atoms with Crippen LogP contribution in [0.4, 0.5) is 0 Å². The van der Waals surface area contributed by atoms with E-state index in [2.05, 4.69) is 0 Å². The van der Waals surface area contributed by atoms with Gasteiger partial charge in [-0.3, -0.25) is 0 Å². The monoisotopic (exact) mass is 236 g/mol. The van der Waals surface area contributed by atoms with Crippen LogP contribution in [-0.4, -0.2) is 44.8 Å². The van der Waals surface area contributed by atoms with Gasteiger partial charge >= 0.3 is 0 Å². The molecule has 0 heterocycles. The normalized spacial score (nSPS) is 18.0. The smallest absolute Gasteiger partial charge is 0.0796 e. The number of hydrogen-bond acceptors (Lipinski definition) is 4. The average Bonchev–Trinajstić information content (AvgIpc) is 2.18. The van der Waals surface area contributed by atoms with Crippen molar-refractivity contribution in [2.45, 2.75) is 77.8 Å². The highest BCUT2D eigenvalue weighted by Crippen LogP contribution is 2.00. The zero-order valence-corrected chi connectivity index (χ0v) is 10.9. The molecule has 4 unspecified atom stereocenters. The lowest BCUT2D eigenvalue weighted by molar-refractivity contribution is 0.0259.